The van der Waals surface area contributed by atoms with Gasteiger partial charge >= 0.3 is 0 Å². The molecule has 0 radical (unpaired) electrons. The number of carbonyl (C=O) groups excluding carboxylic acids is 1. The van der Waals surface area contributed by atoms with Gasteiger partial charge in [-0.2, -0.15) is 5.26 Å². The van der Waals surface area contributed by atoms with E-state index in [4.69, 9.17) is 13.9 Å². The number of nitrogens with one attached hydrogen (secondary N) is 1. The smallest absolute Gasteiger partial charge is 0.288 e. The Morgan fingerprint density at radius 2 is 1.93 bits per heavy atom. The quantitative estimate of drug-likeness (QED) is 0.578. The molecule has 0 saturated heterocycles. The van der Waals surface area contributed by atoms with Crippen molar-refractivity contribution < 1.29 is 18.7 Å². The van der Waals surface area contributed by atoms with Crippen molar-refractivity contribution >= 4 is 21.8 Å². The largest absolute Gasteiger partial charge is 0.496 e. The topological polar surface area (TPSA) is 84.5 Å². The number of methoxy groups -OCH3 is 1. The lowest BCUT2D eigenvalue weighted by atomic mass is 10.1. The van der Waals surface area contributed by atoms with E-state index in [-0.39, 0.29) is 12.4 Å². The average molecular weight is 441 g/mol. The van der Waals surface area contributed by atoms with E-state index in [1.807, 2.05) is 24.3 Å². The van der Waals surface area contributed by atoms with Crippen LogP contribution in [0.4, 0.5) is 0 Å². The fraction of sp³-hybridized carbons (Fsp3) is 0.143. The summed E-state index contributed by atoms with van der Waals surface area (Å²) in [7, 11) is 1.51. The summed E-state index contributed by atoms with van der Waals surface area (Å²) in [6.45, 7) is 0.184. The molecule has 1 N–H and O–H groups in total. The van der Waals surface area contributed by atoms with Crippen molar-refractivity contribution in [3.8, 4) is 17.6 Å². The fourth-order valence-corrected chi connectivity index (χ4v) is 2.81. The third kappa shape index (κ3) is 4.72. The van der Waals surface area contributed by atoms with Gasteiger partial charge in [0, 0.05) is 10.0 Å². The number of halogens is 1. The minimum absolute atomic E-state index is 0.101. The number of ether oxygens (including phenoxy) is 2. The van der Waals surface area contributed by atoms with Crippen LogP contribution in [-0.4, -0.2) is 13.0 Å². The van der Waals surface area contributed by atoms with Crippen molar-refractivity contribution in [2.45, 2.75) is 12.6 Å². The maximum atomic E-state index is 12.5. The van der Waals surface area contributed by atoms with Gasteiger partial charge in [-0.05, 0) is 42.5 Å². The Labute approximate surface area is 170 Å². The van der Waals surface area contributed by atoms with Crippen molar-refractivity contribution in [1.82, 2.24) is 5.32 Å². The Hall–Kier alpha value is -3.24. The minimum atomic E-state index is -0.865. The fourth-order valence-electron chi connectivity index (χ4n) is 2.55. The molecular formula is C21H17BrN2O4. The van der Waals surface area contributed by atoms with Gasteiger partial charge in [0.2, 0.25) is 0 Å². The predicted molar refractivity (Wildman–Crippen MR) is 106 cm³/mol. The molecule has 2 aromatic carbocycles. The number of carbonyl (C=O) groups is 1. The highest BCUT2D eigenvalue weighted by molar-refractivity contribution is 9.10. The Morgan fingerprint density at radius 1 is 1.18 bits per heavy atom. The first-order chi connectivity index (χ1) is 13.6. The van der Waals surface area contributed by atoms with Crippen LogP contribution in [0.25, 0.3) is 0 Å². The maximum absolute atomic E-state index is 12.5. The van der Waals surface area contributed by atoms with Crippen LogP contribution in [0.5, 0.6) is 11.5 Å². The number of benzene rings is 2. The third-order valence-electron chi connectivity index (χ3n) is 3.93. The summed E-state index contributed by atoms with van der Waals surface area (Å²) in [5.74, 6) is 1.32. The van der Waals surface area contributed by atoms with Crippen LogP contribution < -0.4 is 14.8 Å². The zero-order valence-electron chi connectivity index (χ0n) is 15.0. The summed E-state index contributed by atoms with van der Waals surface area (Å²) in [6.07, 6.45) is 0. The van der Waals surface area contributed by atoms with Crippen molar-refractivity contribution in [3.05, 3.63) is 82.2 Å². The molecule has 1 heterocycles. The number of nitrogens with zero attached hydrogens (tertiary/aromatic N) is 1. The highest BCUT2D eigenvalue weighted by Crippen LogP contribution is 2.25. The number of hydrogen-bond acceptors (Lipinski definition) is 5. The molecule has 0 aliphatic carbocycles. The predicted octanol–water partition coefficient (Wildman–Crippen LogP) is 4.62. The molecule has 3 rings (SSSR count). The number of furan rings is 1. The van der Waals surface area contributed by atoms with Gasteiger partial charge in [-0.1, -0.05) is 34.1 Å². The van der Waals surface area contributed by atoms with E-state index in [9.17, 15) is 10.1 Å². The van der Waals surface area contributed by atoms with Crippen molar-refractivity contribution in [2.24, 2.45) is 0 Å². The molecule has 0 spiro atoms. The van der Waals surface area contributed by atoms with Gasteiger partial charge in [-0.25, -0.2) is 0 Å². The highest BCUT2D eigenvalue weighted by atomic mass is 79.9. The second-order valence-corrected chi connectivity index (χ2v) is 6.70. The number of nitriles is 1. The van der Waals surface area contributed by atoms with Gasteiger partial charge in [-0.3, -0.25) is 4.79 Å². The molecule has 1 unspecified atom stereocenters. The highest BCUT2D eigenvalue weighted by Gasteiger charge is 2.20. The van der Waals surface area contributed by atoms with E-state index in [0.717, 1.165) is 4.47 Å². The molecule has 28 heavy (non-hydrogen) atoms. The van der Waals surface area contributed by atoms with E-state index in [0.29, 0.717) is 22.8 Å². The van der Waals surface area contributed by atoms with Crippen molar-refractivity contribution in [1.29, 1.82) is 5.26 Å². The molecule has 142 valence electrons. The van der Waals surface area contributed by atoms with Crippen molar-refractivity contribution in [2.75, 3.05) is 7.11 Å². The van der Waals surface area contributed by atoms with Crippen LogP contribution in [0, 0.1) is 11.3 Å². The van der Waals surface area contributed by atoms with Gasteiger partial charge < -0.3 is 19.2 Å². The van der Waals surface area contributed by atoms with Gasteiger partial charge in [-0.15, -0.1) is 0 Å². The molecular weight excluding hydrogens is 424 g/mol. The second-order valence-electron chi connectivity index (χ2n) is 5.79. The maximum Gasteiger partial charge on any atom is 0.288 e. The van der Waals surface area contributed by atoms with E-state index >= 15 is 0 Å². The molecule has 6 nitrogen and oxygen atoms in total. The van der Waals surface area contributed by atoms with E-state index < -0.39 is 11.9 Å². The molecule has 0 aliphatic rings. The molecule has 7 heteroatoms. The molecule has 0 aliphatic heterocycles. The summed E-state index contributed by atoms with van der Waals surface area (Å²) >= 11 is 3.36. The van der Waals surface area contributed by atoms with Gasteiger partial charge in [0.05, 0.1) is 13.2 Å². The molecule has 0 saturated carbocycles. The third-order valence-corrected chi connectivity index (χ3v) is 4.46. The summed E-state index contributed by atoms with van der Waals surface area (Å²) in [4.78, 5) is 12.5. The van der Waals surface area contributed by atoms with Gasteiger partial charge in [0.25, 0.3) is 5.91 Å². The lowest BCUT2D eigenvalue weighted by molar-refractivity contribution is 0.0913. The lowest BCUT2D eigenvalue weighted by Crippen LogP contribution is -2.27. The first kappa shape index (κ1) is 19.5. The van der Waals surface area contributed by atoms with Crippen LogP contribution in [-0.2, 0) is 6.61 Å². The number of rotatable bonds is 7. The zero-order valence-corrected chi connectivity index (χ0v) is 16.6. The van der Waals surface area contributed by atoms with Crippen LogP contribution in [0.3, 0.4) is 0 Å². The molecule has 3 aromatic rings. The Balaban J connectivity index is 1.64. The SMILES string of the molecule is COc1ccccc1C(C#N)NC(=O)c1ccc(COc2ccc(Br)cc2)o1. The number of hydrogen-bond donors (Lipinski definition) is 1. The molecule has 0 bridgehead atoms. The van der Waals surface area contributed by atoms with Gasteiger partial charge in [0.15, 0.2) is 5.76 Å². The standard InChI is InChI=1S/C21H17BrN2O4/c1-26-19-5-3-2-4-17(19)18(12-23)24-21(25)20-11-10-16(28-20)13-27-15-8-6-14(22)7-9-15/h2-11,18H,13H2,1H3,(H,24,25). The van der Waals surface area contributed by atoms with E-state index in [1.54, 1.807) is 36.4 Å². The minimum Gasteiger partial charge on any atom is -0.496 e. The van der Waals surface area contributed by atoms with E-state index in [2.05, 4.69) is 27.3 Å². The monoisotopic (exact) mass is 440 g/mol. The second kappa shape index (κ2) is 9.11. The summed E-state index contributed by atoms with van der Waals surface area (Å²) in [6, 6.07) is 18.8. The van der Waals surface area contributed by atoms with Crippen LogP contribution in [0.15, 0.2) is 69.6 Å². The first-order valence-corrected chi connectivity index (χ1v) is 9.20. The Morgan fingerprint density at radius 3 is 2.64 bits per heavy atom. The Kier molecular flexibility index (Phi) is 6.35. The average Bonchev–Trinajstić information content (AvgIpc) is 3.20. The molecule has 1 amide bonds. The van der Waals surface area contributed by atoms with Crippen molar-refractivity contribution in [3.63, 3.8) is 0 Å². The lowest BCUT2D eigenvalue weighted by Gasteiger charge is -2.14. The number of amides is 1. The van der Waals surface area contributed by atoms with Crippen LogP contribution >= 0.6 is 15.9 Å². The normalized spacial score (nSPS) is 11.3. The molecule has 1 atom stereocenters. The van der Waals surface area contributed by atoms with Crippen LogP contribution in [0.2, 0.25) is 0 Å². The summed E-state index contributed by atoms with van der Waals surface area (Å²) in [5, 5.41) is 12.1. The van der Waals surface area contributed by atoms with Gasteiger partial charge in [0.1, 0.15) is 29.9 Å². The molecule has 1 aromatic heterocycles. The number of para-hydroxylation sites is 1. The van der Waals surface area contributed by atoms with E-state index in [1.165, 1.54) is 7.11 Å². The zero-order chi connectivity index (χ0) is 19.9. The molecule has 0 fully saturated rings. The van der Waals surface area contributed by atoms with Crippen LogP contribution in [0.1, 0.15) is 27.9 Å². The summed E-state index contributed by atoms with van der Waals surface area (Å²) in [5.41, 5.74) is 0.575. The summed E-state index contributed by atoms with van der Waals surface area (Å²) < 4.78 is 17.4. The Bertz CT molecular complexity index is 992. The first-order valence-electron chi connectivity index (χ1n) is 8.41.